The molecular weight excluding hydrogens is 234 g/mol. The van der Waals surface area contributed by atoms with Gasteiger partial charge in [-0.05, 0) is 19.8 Å². The Hall–Kier alpha value is -1.56. The van der Waals surface area contributed by atoms with Crippen LogP contribution in [0.25, 0.3) is 0 Å². The number of methoxy groups -OCH3 is 2. The molecule has 1 aromatic heterocycles. The molecule has 1 aromatic rings. The molecule has 0 bridgehead atoms. The lowest BCUT2D eigenvalue weighted by molar-refractivity contribution is -0.140. The molecule has 18 heavy (non-hydrogen) atoms. The first-order chi connectivity index (χ1) is 8.49. The predicted molar refractivity (Wildman–Crippen MR) is 67.4 cm³/mol. The minimum Gasteiger partial charge on any atom is -0.481 e. The fourth-order valence-electron chi connectivity index (χ4n) is 1.94. The molecule has 0 aromatic carbocycles. The quantitative estimate of drug-likeness (QED) is 0.751. The maximum atomic E-state index is 11.0. The van der Waals surface area contributed by atoms with Crippen LogP contribution < -0.4 is 10.5 Å². The number of carbonyl (C=O) groups excluding carboxylic acids is 1. The van der Waals surface area contributed by atoms with Gasteiger partial charge in [-0.25, -0.2) is 4.68 Å². The Bertz CT molecular complexity index is 415. The Morgan fingerprint density at radius 1 is 1.50 bits per heavy atom. The van der Waals surface area contributed by atoms with E-state index in [-0.39, 0.29) is 12.0 Å². The number of hydrogen-bond donors (Lipinski definition) is 1. The zero-order valence-corrected chi connectivity index (χ0v) is 11.4. The van der Waals surface area contributed by atoms with Crippen LogP contribution in [0.2, 0.25) is 0 Å². The molecule has 0 spiro atoms. The lowest BCUT2D eigenvalue weighted by atomic mass is 10.0. The number of hydrogen-bond acceptors (Lipinski definition) is 5. The van der Waals surface area contributed by atoms with Gasteiger partial charge in [0.05, 0.1) is 19.9 Å². The molecule has 0 saturated carbocycles. The van der Waals surface area contributed by atoms with E-state index in [9.17, 15) is 4.79 Å². The van der Waals surface area contributed by atoms with Gasteiger partial charge in [0.15, 0.2) is 0 Å². The summed E-state index contributed by atoms with van der Waals surface area (Å²) >= 11 is 0. The summed E-state index contributed by atoms with van der Waals surface area (Å²) in [7, 11) is 4.82. The number of aromatic nitrogens is 2. The minimum absolute atomic E-state index is 0.110. The molecule has 2 N–H and O–H groups in total. The molecular formula is C12H21N3O3. The van der Waals surface area contributed by atoms with Crippen molar-refractivity contribution in [2.45, 2.75) is 32.2 Å². The highest BCUT2D eigenvalue weighted by Gasteiger charge is 2.17. The van der Waals surface area contributed by atoms with Crippen LogP contribution in [0.3, 0.4) is 0 Å². The maximum absolute atomic E-state index is 11.0. The monoisotopic (exact) mass is 255 g/mol. The van der Waals surface area contributed by atoms with Crippen LogP contribution >= 0.6 is 0 Å². The summed E-state index contributed by atoms with van der Waals surface area (Å²) in [5.41, 5.74) is 7.91. The molecule has 0 saturated heterocycles. The van der Waals surface area contributed by atoms with Crippen molar-refractivity contribution in [2.24, 2.45) is 12.8 Å². The van der Waals surface area contributed by atoms with Crippen molar-refractivity contribution >= 4 is 5.97 Å². The summed E-state index contributed by atoms with van der Waals surface area (Å²) in [6, 6.07) is -0.110. The summed E-state index contributed by atoms with van der Waals surface area (Å²) in [6.07, 6.45) is 1.56. The van der Waals surface area contributed by atoms with Gasteiger partial charge in [-0.3, -0.25) is 4.79 Å². The lowest BCUT2D eigenvalue weighted by Gasteiger charge is -2.11. The number of esters is 1. The topological polar surface area (TPSA) is 79.4 Å². The number of carbonyl (C=O) groups is 1. The van der Waals surface area contributed by atoms with E-state index in [2.05, 4.69) is 9.84 Å². The smallest absolute Gasteiger partial charge is 0.305 e. The fraction of sp³-hybridized carbons (Fsp3) is 0.667. The van der Waals surface area contributed by atoms with E-state index in [1.54, 1.807) is 11.8 Å². The molecule has 0 aliphatic rings. The van der Waals surface area contributed by atoms with Crippen LogP contribution in [0.15, 0.2) is 0 Å². The van der Waals surface area contributed by atoms with E-state index >= 15 is 0 Å². The number of rotatable bonds is 6. The average Bonchev–Trinajstić information content (AvgIpc) is 2.60. The van der Waals surface area contributed by atoms with Gasteiger partial charge in [0.2, 0.25) is 5.88 Å². The van der Waals surface area contributed by atoms with Crippen molar-refractivity contribution in [3.63, 3.8) is 0 Å². The standard InChI is InChI=1S/C12H21N3O3/c1-8-10(12(18-4)15(2)14-8)7-9(13)5-6-11(16)17-3/h9H,5-7,13H2,1-4H3. The van der Waals surface area contributed by atoms with Crippen LogP contribution in [0, 0.1) is 6.92 Å². The van der Waals surface area contributed by atoms with Gasteiger partial charge in [0.25, 0.3) is 0 Å². The number of nitrogens with zero attached hydrogens (tertiary/aromatic N) is 2. The fourth-order valence-corrected chi connectivity index (χ4v) is 1.94. The highest BCUT2D eigenvalue weighted by atomic mass is 16.5. The molecule has 0 aliphatic heterocycles. The molecule has 1 rings (SSSR count). The second-order valence-corrected chi connectivity index (χ2v) is 4.28. The molecule has 102 valence electrons. The first-order valence-electron chi connectivity index (χ1n) is 5.88. The van der Waals surface area contributed by atoms with Gasteiger partial charge in [0, 0.05) is 25.1 Å². The van der Waals surface area contributed by atoms with E-state index in [1.165, 1.54) is 7.11 Å². The molecule has 1 unspecified atom stereocenters. The molecule has 0 amide bonds. The van der Waals surface area contributed by atoms with E-state index in [0.717, 1.165) is 17.1 Å². The van der Waals surface area contributed by atoms with Crippen LogP contribution in [0.1, 0.15) is 24.1 Å². The minimum atomic E-state index is -0.236. The molecule has 0 fully saturated rings. The summed E-state index contributed by atoms with van der Waals surface area (Å²) in [6.45, 7) is 1.92. The van der Waals surface area contributed by atoms with Crippen molar-refractivity contribution in [3.8, 4) is 5.88 Å². The van der Waals surface area contributed by atoms with Gasteiger partial charge >= 0.3 is 5.97 Å². The third kappa shape index (κ3) is 3.46. The Labute approximate surface area is 107 Å². The van der Waals surface area contributed by atoms with E-state index < -0.39 is 0 Å². The number of ether oxygens (including phenoxy) is 2. The Balaban J connectivity index is 2.64. The highest BCUT2D eigenvalue weighted by Crippen LogP contribution is 2.22. The normalized spacial score (nSPS) is 12.3. The summed E-state index contributed by atoms with van der Waals surface area (Å²) in [4.78, 5) is 11.0. The number of aryl methyl sites for hydroxylation is 2. The molecule has 0 radical (unpaired) electrons. The predicted octanol–water partition coefficient (Wildman–Crippen LogP) is 0.560. The first kappa shape index (κ1) is 14.5. The number of nitrogens with two attached hydrogens (primary N) is 1. The second kappa shape index (κ2) is 6.39. The lowest BCUT2D eigenvalue weighted by Crippen LogP contribution is -2.24. The SMILES string of the molecule is COC(=O)CCC(N)Cc1c(C)nn(C)c1OC. The second-order valence-electron chi connectivity index (χ2n) is 4.28. The van der Waals surface area contributed by atoms with Gasteiger partial charge in [-0.1, -0.05) is 0 Å². The van der Waals surface area contributed by atoms with Crippen molar-refractivity contribution in [1.82, 2.24) is 9.78 Å². The van der Waals surface area contributed by atoms with Gasteiger partial charge < -0.3 is 15.2 Å². The van der Waals surface area contributed by atoms with Crippen LogP contribution in [-0.4, -0.2) is 36.0 Å². The van der Waals surface area contributed by atoms with E-state index in [4.69, 9.17) is 10.5 Å². The van der Waals surface area contributed by atoms with Crippen molar-refractivity contribution < 1.29 is 14.3 Å². The third-order valence-corrected chi connectivity index (χ3v) is 2.90. The van der Waals surface area contributed by atoms with Crippen LogP contribution in [0.4, 0.5) is 0 Å². The molecule has 1 heterocycles. The van der Waals surface area contributed by atoms with Crippen molar-refractivity contribution in [3.05, 3.63) is 11.3 Å². The summed E-state index contributed by atoms with van der Waals surface area (Å²) in [5.74, 6) is 0.487. The molecule has 6 nitrogen and oxygen atoms in total. The molecule has 0 aliphatic carbocycles. The zero-order valence-electron chi connectivity index (χ0n) is 11.4. The Morgan fingerprint density at radius 3 is 2.72 bits per heavy atom. The van der Waals surface area contributed by atoms with E-state index in [0.29, 0.717) is 19.3 Å². The van der Waals surface area contributed by atoms with Crippen molar-refractivity contribution in [1.29, 1.82) is 0 Å². The summed E-state index contributed by atoms with van der Waals surface area (Å²) in [5, 5.41) is 4.29. The highest BCUT2D eigenvalue weighted by molar-refractivity contribution is 5.69. The van der Waals surface area contributed by atoms with E-state index in [1.807, 2.05) is 14.0 Å². The zero-order chi connectivity index (χ0) is 13.7. The van der Waals surface area contributed by atoms with Gasteiger partial charge in [-0.2, -0.15) is 5.10 Å². The molecule has 1 atom stereocenters. The van der Waals surface area contributed by atoms with Crippen LogP contribution in [0.5, 0.6) is 5.88 Å². The maximum Gasteiger partial charge on any atom is 0.305 e. The van der Waals surface area contributed by atoms with Gasteiger partial charge in [-0.15, -0.1) is 0 Å². The van der Waals surface area contributed by atoms with Crippen LogP contribution in [-0.2, 0) is 23.0 Å². The van der Waals surface area contributed by atoms with Crippen molar-refractivity contribution in [2.75, 3.05) is 14.2 Å². The first-order valence-corrected chi connectivity index (χ1v) is 5.88. The third-order valence-electron chi connectivity index (χ3n) is 2.90. The Morgan fingerprint density at radius 2 is 2.17 bits per heavy atom. The Kier molecular flexibility index (Phi) is 5.15. The molecule has 6 heteroatoms. The summed E-state index contributed by atoms with van der Waals surface area (Å²) < 4.78 is 11.6. The van der Waals surface area contributed by atoms with Gasteiger partial charge in [0.1, 0.15) is 0 Å². The largest absolute Gasteiger partial charge is 0.481 e. The average molecular weight is 255 g/mol.